The van der Waals surface area contributed by atoms with Gasteiger partial charge in [0.15, 0.2) is 0 Å². The second-order valence-corrected chi connectivity index (χ2v) is 8.63. The highest BCUT2D eigenvalue weighted by Gasteiger charge is 2.29. The van der Waals surface area contributed by atoms with E-state index in [1.165, 1.54) is 19.3 Å². The molecule has 5 heteroatoms. The molecule has 1 N–H and O–H groups in total. The average molecular weight is 406 g/mol. The molecule has 158 valence electrons. The van der Waals surface area contributed by atoms with Gasteiger partial charge in [-0.2, -0.15) is 0 Å². The molecule has 1 aliphatic carbocycles. The summed E-state index contributed by atoms with van der Waals surface area (Å²) in [6.07, 6.45) is 7.46. The summed E-state index contributed by atoms with van der Waals surface area (Å²) in [6, 6.07) is 13.6. The second-order valence-electron chi connectivity index (χ2n) is 8.63. The monoisotopic (exact) mass is 405 g/mol. The van der Waals surface area contributed by atoms with Crippen LogP contribution in [0, 0.1) is 6.92 Å². The number of amides is 2. The van der Waals surface area contributed by atoms with E-state index in [2.05, 4.69) is 5.32 Å². The molecule has 4 rings (SSSR count). The number of piperidine rings is 1. The van der Waals surface area contributed by atoms with Gasteiger partial charge in [0.1, 0.15) is 0 Å². The Labute approximate surface area is 178 Å². The highest BCUT2D eigenvalue weighted by Crippen LogP contribution is 2.30. The lowest BCUT2D eigenvalue weighted by Crippen LogP contribution is -2.39. The summed E-state index contributed by atoms with van der Waals surface area (Å²) in [5, 5.41) is 3.24. The first-order chi connectivity index (χ1) is 14.6. The SMILES string of the molecule is Cc1ccc(C(=O)NC2CCCCC2)c(C2CCN(C(=O)c3ccccc3)CC2)n1. The van der Waals surface area contributed by atoms with Crippen LogP contribution in [0.1, 0.15) is 83.0 Å². The number of nitrogens with one attached hydrogen (secondary N) is 1. The molecule has 0 radical (unpaired) electrons. The van der Waals surface area contributed by atoms with E-state index < -0.39 is 0 Å². The number of rotatable bonds is 4. The highest BCUT2D eigenvalue weighted by atomic mass is 16.2. The van der Waals surface area contributed by atoms with Gasteiger partial charge >= 0.3 is 0 Å². The maximum absolute atomic E-state index is 13.0. The third kappa shape index (κ3) is 4.72. The van der Waals surface area contributed by atoms with Gasteiger partial charge in [-0.3, -0.25) is 14.6 Å². The Bertz CT molecular complexity index is 883. The molecule has 30 heavy (non-hydrogen) atoms. The summed E-state index contributed by atoms with van der Waals surface area (Å²) >= 11 is 0. The topological polar surface area (TPSA) is 62.3 Å². The van der Waals surface area contributed by atoms with Crippen molar-refractivity contribution in [2.24, 2.45) is 0 Å². The molecule has 5 nitrogen and oxygen atoms in total. The number of aromatic nitrogens is 1. The standard InChI is InChI=1S/C25H31N3O2/c1-18-12-13-22(24(29)27-21-10-6-3-7-11-21)23(26-18)19-14-16-28(17-15-19)25(30)20-8-4-2-5-9-20/h2,4-5,8-9,12-13,19,21H,3,6-7,10-11,14-17H2,1H3,(H,27,29). The van der Waals surface area contributed by atoms with Gasteiger partial charge in [0.25, 0.3) is 11.8 Å². The first-order valence-electron chi connectivity index (χ1n) is 11.2. The van der Waals surface area contributed by atoms with Crippen molar-refractivity contribution in [1.29, 1.82) is 0 Å². The Morgan fingerprint density at radius 2 is 1.63 bits per heavy atom. The zero-order valence-electron chi connectivity index (χ0n) is 17.8. The molecule has 0 spiro atoms. The van der Waals surface area contributed by atoms with Crippen molar-refractivity contribution in [1.82, 2.24) is 15.2 Å². The number of benzene rings is 1. The van der Waals surface area contributed by atoms with Crippen LogP contribution < -0.4 is 5.32 Å². The first-order valence-corrected chi connectivity index (χ1v) is 11.2. The van der Waals surface area contributed by atoms with E-state index in [9.17, 15) is 9.59 Å². The third-order valence-corrected chi connectivity index (χ3v) is 6.44. The number of carbonyl (C=O) groups excluding carboxylic acids is 2. The number of hydrogen-bond acceptors (Lipinski definition) is 3. The second kappa shape index (κ2) is 9.41. The van der Waals surface area contributed by atoms with Gasteiger partial charge in [0.05, 0.1) is 11.3 Å². The number of nitrogens with zero attached hydrogens (tertiary/aromatic N) is 2. The van der Waals surface area contributed by atoms with Crippen molar-refractivity contribution in [3.05, 3.63) is 65.0 Å². The summed E-state index contributed by atoms with van der Waals surface area (Å²) in [5.41, 5.74) is 3.27. The van der Waals surface area contributed by atoms with E-state index in [4.69, 9.17) is 4.98 Å². The van der Waals surface area contributed by atoms with Crippen LogP contribution in [0.2, 0.25) is 0 Å². The number of hydrogen-bond donors (Lipinski definition) is 1. The first kappa shape index (κ1) is 20.6. The summed E-state index contributed by atoms with van der Waals surface area (Å²) in [7, 11) is 0. The van der Waals surface area contributed by atoms with Crippen molar-refractivity contribution < 1.29 is 9.59 Å². The van der Waals surface area contributed by atoms with Crippen LogP contribution >= 0.6 is 0 Å². The van der Waals surface area contributed by atoms with E-state index in [0.29, 0.717) is 18.7 Å². The lowest BCUT2D eigenvalue weighted by molar-refractivity contribution is 0.0710. The minimum absolute atomic E-state index is 0.00666. The molecule has 2 fully saturated rings. The zero-order valence-corrected chi connectivity index (χ0v) is 17.8. The summed E-state index contributed by atoms with van der Waals surface area (Å²) in [5.74, 6) is 0.297. The quantitative estimate of drug-likeness (QED) is 0.816. The van der Waals surface area contributed by atoms with Gasteiger partial charge in [0.2, 0.25) is 0 Å². The molecule has 1 saturated carbocycles. The lowest BCUT2D eigenvalue weighted by atomic mass is 9.89. The molecular formula is C25H31N3O2. The van der Waals surface area contributed by atoms with Gasteiger partial charge in [0, 0.05) is 36.3 Å². The van der Waals surface area contributed by atoms with E-state index in [1.54, 1.807) is 0 Å². The van der Waals surface area contributed by atoms with Gasteiger partial charge in [-0.1, -0.05) is 37.5 Å². The van der Waals surface area contributed by atoms with Crippen molar-refractivity contribution in [3.8, 4) is 0 Å². The van der Waals surface area contributed by atoms with Gasteiger partial charge in [-0.25, -0.2) is 0 Å². The van der Waals surface area contributed by atoms with E-state index in [0.717, 1.165) is 42.6 Å². The maximum Gasteiger partial charge on any atom is 0.253 e. The van der Waals surface area contributed by atoms with Crippen LogP contribution in [0.15, 0.2) is 42.5 Å². The van der Waals surface area contributed by atoms with Crippen LogP contribution in [0.4, 0.5) is 0 Å². The van der Waals surface area contributed by atoms with E-state index >= 15 is 0 Å². The van der Waals surface area contributed by atoms with Gasteiger partial charge < -0.3 is 10.2 Å². The molecule has 1 aromatic carbocycles. The van der Waals surface area contributed by atoms with Crippen molar-refractivity contribution in [2.75, 3.05) is 13.1 Å². The Kier molecular flexibility index (Phi) is 6.46. The summed E-state index contributed by atoms with van der Waals surface area (Å²) < 4.78 is 0. The average Bonchev–Trinajstić information content (AvgIpc) is 2.80. The van der Waals surface area contributed by atoms with Crippen LogP contribution in [-0.4, -0.2) is 40.8 Å². The molecule has 1 saturated heterocycles. The van der Waals surface area contributed by atoms with Crippen LogP contribution in [-0.2, 0) is 0 Å². The third-order valence-electron chi connectivity index (χ3n) is 6.44. The Morgan fingerprint density at radius 1 is 0.933 bits per heavy atom. The minimum atomic E-state index is 0.00666. The number of aryl methyl sites for hydroxylation is 1. The summed E-state index contributed by atoms with van der Waals surface area (Å²) in [6.45, 7) is 3.36. The molecule has 0 bridgehead atoms. The maximum atomic E-state index is 13.0. The minimum Gasteiger partial charge on any atom is -0.349 e. The number of pyridine rings is 1. The molecule has 0 atom stereocenters. The predicted molar refractivity (Wildman–Crippen MR) is 118 cm³/mol. The molecule has 2 aromatic rings. The molecule has 0 unspecified atom stereocenters. The Morgan fingerprint density at radius 3 is 2.33 bits per heavy atom. The highest BCUT2D eigenvalue weighted by molar-refractivity contribution is 5.96. The molecule has 2 heterocycles. The predicted octanol–water partition coefficient (Wildman–Crippen LogP) is 4.47. The van der Waals surface area contributed by atoms with E-state index in [1.807, 2.05) is 54.3 Å². The molecule has 1 aliphatic heterocycles. The number of carbonyl (C=O) groups is 2. The van der Waals surface area contributed by atoms with Crippen molar-refractivity contribution >= 4 is 11.8 Å². The normalized spacial score (nSPS) is 18.2. The van der Waals surface area contributed by atoms with Crippen LogP contribution in [0.25, 0.3) is 0 Å². The largest absolute Gasteiger partial charge is 0.349 e. The fourth-order valence-electron chi connectivity index (χ4n) is 4.71. The zero-order chi connectivity index (χ0) is 20.9. The van der Waals surface area contributed by atoms with Gasteiger partial charge in [-0.15, -0.1) is 0 Å². The Balaban J connectivity index is 1.44. The van der Waals surface area contributed by atoms with Crippen LogP contribution in [0.3, 0.4) is 0 Å². The fourth-order valence-corrected chi connectivity index (χ4v) is 4.71. The van der Waals surface area contributed by atoms with Gasteiger partial charge in [-0.05, 0) is 56.9 Å². The van der Waals surface area contributed by atoms with Crippen molar-refractivity contribution in [3.63, 3.8) is 0 Å². The fraction of sp³-hybridized carbons (Fsp3) is 0.480. The lowest BCUT2D eigenvalue weighted by Gasteiger charge is -2.32. The smallest absolute Gasteiger partial charge is 0.253 e. The van der Waals surface area contributed by atoms with E-state index in [-0.39, 0.29) is 23.8 Å². The molecule has 1 aromatic heterocycles. The summed E-state index contributed by atoms with van der Waals surface area (Å²) in [4.78, 5) is 32.5. The van der Waals surface area contributed by atoms with Crippen LogP contribution in [0.5, 0.6) is 0 Å². The molecule has 2 aliphatic rings. The molecular weight excluding hydrogens is 374 g/mol. The van der Waals surface area contributed by atoms with Crippen molar-refractivity contribution in [2.45, 2.75) is 63.8 Å². The Hall–Kier alpha value is -2.69. The number of likely N-dealkylation sites (tertiary alicyclic amines) is 1. The molecule has 2 amide bonds.